The minimum Gasteiger partial charge on any atom is -0.488 e. The molecule has 0 N–H and O–H groups in total. The molecule has 2 aromatic carbocycles. The van der Waals surface area contributed by atoms with Gasteiger partial charge in [-0.05, 0) is 19.4 Å². The molecule has 1 aromatic heterocycles. The van der Waals surface area contributed by atoms with Gasteiger partial charge in [-0.25, -0.2) is 4.98 Å². The highest BCUT2D eigenvalue weighted by molar-refractivity contribution is 7.15. The summed E-state index contributed by atoms with van der Waals surface area (Å²) in [5.41, 5.74) is 4.00. The first kappa shape index (κ1) is 15.1. The zero-order chi connectivity index (χ0) is 16.5. The number of nitrogens with zero attached hydrogens (tertiary/aromatic N) is 1. The molecule has 0 fully saturated rings. The maximum atomic E-state index is 11.8. The minimum absolute atomic E-state index is 0.218. The smallest absolute Gasteiger partial charge is 0.163 e. The predicted octanol–water partition coefficient (Wildman–Crippen LogP) is 4.83. The number of carbonyl (C=O) groups excluding carboxylic acids is 1. The summed E-state index contributed by atoms with van der Waals surface area (Å²) in [6.45, 7) is 2.50. The lowest BCUT2D eigenvalue weighted by molar-refractivity contribution is 0.0994. The van der Waals surface area contributed by atoms with Gasteiger partial charge in [0.25, 0.3) is 0 Å². The third kappa shape index (κ3) is 2.74. The van der Waals surface area contributed by atoms with Crippen molar-refractivity contribution in [2.24, 2.45) is 0 Å². The van der Waals surface area contributed by atoms with Crippen molar-refractivity contribution in [1.82, 2.24) is 4.98 Å². The number of ketones is 1. The van der Waals surface area contributed by atoms with Crippen LogP contribution in [0.1, 0.15) is 32.9 Å². The molecule has 0 amide bonds. The van der Waals surface area contributed by atoms with Crippen molar-refractivity contribution in [1.29, 1.82) is 0 Å². The number of fused-ring (bicyclic) bond motifs is 1. The van der Waals surface area contributed by atoms with Gasteiger partial charge in [-0.1, -0.05) is 42.5 Å². The minimum atomic E-state index is 0.218. The Bertz CT molecular complexity index is 899. The third-order valence-electron chi connectivity index (χ3n) is 4.31. The molecule has 1 heterocycles. The number of ether oxygens (including phenoxy) is 1. The van der Waals surface area contributed by atoms with Gasteiger partial charge < -0.3 is 4.74 Å². The van der Waals surface area contributed by atoms with Crippen LogP contribution in [-0.2, 0) is 13.0 Å². The first-order chi connectivity index (χ1) is 11.7. The highest BCUT2D eigenvalue weighted by atomic mass is 32.1. The molecule has 120 valence electrons. The molecule has 4 heteroatoms. The summed E-state index contributed by atoms with van der Waals surface area (Å²) in [4.78, 5) is 17.6. The average molecular weight is 335 g/mol. The van der Waals surface area contributed by atoms with E-state index in [1.807, 2.05) is 43.3 Å². The van der Waals surface area contributed by atoms with Gasteiger partial charge in [0.1, 0.15) is 17.4 Å². The van der Waals surface area contributed by atoms with Gasteiger partial charge in [-0.2, -0.15) is 0 Å². The topological polar surface area (TPSA) is 39.2 Å². The van der Waals surface area contributed by atoms with E-state index in [2.05, 4.69) is 17.1 Å². The molecule has 0 atom stereocenters. The van der Waals surface area contributed by atoms with Crippen molar-refractivity contribution >= 4 is 17.1 Å². The van der Waals surface area contributed by atoms with Crippen molar-refractivity contribution < 1.29 is 9.53 Å². The van der Waals surface area contributed by atoms with Gasteiger partial charge in [0.05, 0.1) is 10.6 Å². The fourth-order valence-electron chi connectivity index (χ4n) is 3.00. The van der Waals surface area contributed by atoms with Crippen molar-refractivity contribution in [2.75, 3.05) is 0 Å². The summed E-state index contributed by atoms with van der Waals surface area (Å²) < 4.78 is 6.03. The van der Waals surface area contributed by atoms with Crippen LogP contribution in [0.15, 0.2) is 48.5 Å². The Kier molecular flexibility index (Phi) is 3.90. The van der Waals surface area contributed by atoms with Crippen LogP contribution in [0.25, 0.3) is 10.6 Å². The van der Waals surface area contributed by atoms with E-state index in [1.54, 1.807) is 11.3 Å². The number of rotatable bonds is 4. The Balaban J connectivity index is 1.55. The fourth-order valence-corrected chi connectivity index (χ4v) is 3.98. The molecule has 0 saturated carbocycles. The molecular formula is C20H17NO2S. The van der Waals surface area contributed by atoms with Gasteiger partial charge >= 0.3 is 0 Å². The fraction of sp³-hybridized carbons (Fsp3) is 0.200. The van der Waals surface area contributed by atoms with Crippen LogP contribution in [0, 0.1) is 6.92 Å². The van der Waals surface area contributed by atoms with Crippen LogP contribution >= 0.6 is 11.3 Å². The molecule has 0 unspecified atom stereocenters. The molecular weight excluding hydrogens is 318 g/mol. The first-order valence-electron chi connectivity index (χ1n) is 8.02. The molecule has 0 saturated heterocycles. The second kappa shape index (κ2) is 6.21. The number of carbonyl (C=O) groups is 1. The lowest BCUT2D eigenvalue weighted by Gasteiger charge is -2.09. The summed E-state index contributed by atoms with van der Waals surface area (Å²) in [6, 6.07) is 15.9. The third-order valence-corrected chi connectivity index (χ3v) is 5.49. The molecule has 0 spiro atoms. The van der Waals surface area contributed by atoms with Gasteiger partial charge in [0.2, 0.25) is 0 Å². The second-order valence-electron chi connectivity index (χ2n) is 5.89. The van der Waals surface area contributed by atoms with Crippen molar-refractivity contribution in [2.45, 2.75) is 26.4 Å². The number of aromatic nitrogens is 1. The van der Waals surface area contributed by atoms with Crippen LogP contribution < -0.4 is 4.74 Å². The Morgan fingerprint density at radius 3 is 2.75 bits per heavy atom. The Morgan fingerprint density at radius 1 is 1.08 bits per heavy atom. The molecule has 3 aromatic rings. The molecule has 0 aliphatic heterocycles. The van der Waals surface area contributed by atoms with Gasteiger partial charge in [0.15, 0.2) is 5.78 Å². The second-order valence-corrected chi connectivity index (χ2v) is 6.97. The van der Waals surface area contributed by atoms with Crippen LogP contribution in [0.2, 0.25) is 0 Å². The standard InChI is InChI=1S/C20H17NO2S/c1-13-19(24-20(21-13)14-6-3-2-4-7-14)12-23-18-9-5-8-15-16(18)10-11-17(15)22/h2-9H,10-12H2,1H3. The zero-order valence-corrected chi connectivity index (χ0v) is 14.2. The SMILES string of the molecule is Cc1nc(-c2ccccc2)sc1COc1cccc2c1CCC2=O. The zero-order valence-electron chi connectivity index (χ0n) is 13.4. The van der Waals surface area contributed by atoms with E-state index in [4.69, 9.17) is 4.74 Å². The van der Waals surface area contributed by atoms with Gasteiger partial charge in [-0.15, -0.1) is 11.3 Å². The number of hydrogen-bond acceptors (Lipinski definition) is 4. The van der Waals surface area contributed by atoms with Crippen molar-refractivity contribution in [3.8, 4) is 16.3 Å². The lowest BCUT2D eigenvalue weighted by atomic mass is 10.1. The normalized spacial score (nSPS) is 13.1. The number of benzene rings is 2. The molecule has 0 bridgehead atoms. The Morgan fingerprint density at radius 2 is 1.92 bits per heavy atom. The number of hydrogen-bond donors (Lipinski definition) is 0. The van der Waals surface area contributed by atoms with Crippen molar-refractivity contribution in [3.63, 3.8) is 0 Å². The largest absolute Gasteiger partial charge is 0.488 e. The summed E-state index contributed by atoms with van der Waals surface area (Å²) in [5.74, 6) is 1.04. The molecule has 3 nitrogen and oxygen atoms in total. The number of thiazole rings is 1. The quantitative estimate of drug-likeness (QED) is 0.686. The van der Waals surface area contributed by atoms with E-state index in [-0.39, 0.29) is 5.78 Å². The molecule has 4 rings (SSSR count). The Hall–Kier alpha value is -2.46. The van der Waals surface area contributed by atoms with E-state index in [9.17, 15) is 4.79 Å². The molecule has 1 aliphatic rings. The van der Waals surface area contributed by atoms with Crippen LogP contribution in [0.3, 0.4) is 0 Å². The van der Waals surface area contributed by atoms with Crippen LogP contribution in [-0.4, -0.2) is 10.8 Å². The highest BCUT2D eigenvalue weighted by Gasteiger charge is 2.22. The maximum Gasteiger partial charge on any atom is 0.163 e. The van der Waals surface area contributed by atoms with E-state index in [0.717, 1.165) is 44.4 Å². The number of aryl methyl sites for hydroxylation is 1. The average Bonchev–Trinajstić information content (AvgIpc) is 3.18. The molecule has 24 heavy (non-hydrogen) atoms. The lowest BCUT2D eigenvalue weighted by Crippen LogP contribution is -1.99. The summed E-state index contributed by atoms with van der Waals surface area (Å²) in [6.07, 6.45) is 1.37. The van der Waals surface area contributed by atoms with Crippen molar-refractivity contribution in [3.05, 3.63) is 70.2 Å². The van der Waals surface area contributed by atoms with E-state index in [0.29, 0.717) is 13.0 Å². The summed E-state index contributed by atoms with van der Waals surface area (Å²) in [7, 11) is 0. The van der Waals surface area contributed by atoms with Gasteiger partial charge in [0, 0.05) is 23.1 Å². The highest BCUT2D eigenvalue weighted by Crippen LogP contribution is 2.33. The van der Waals surface area contributed by atoms with E-state index < -0.39 is 0 Å². The summed E-state index contributed by atoms with van der Waals surface area (Å²) >= 11 is 1.66. The Labute approximate surface area is 144 Å². The van der Waals surface area contributed by atoms with E-state index in [1.165, 1.54) is 0 Å². The molecule has 0 radical (unpaired) electrons. The summed E-state index contributed by atoms with van der Waals surface area (Å²) in [5, 5.41) is 1.01. The monoisotopic (exact) mass is 335 g/mol. The predicted molar refractivity (Wildman–Crippen MR) is 95.7 cm³/mol. The maximum absolute atomic E-state index is 11.8. The van der Waals surface area contributed by atoms with Crippen LogP contribution in [0.4, 0.5) is 0 Å². The van der Waals surface area contributed by atoms with Crippen LogP contribution in [0.5, 0.6) is 5.75 Å². The first-order valence-corrected chi connectivity index (χ1v) is 8.83. The number of Topliss-reactive ketones (excluding diaryl/α,β-unsaturated/α-hetero) is 1. The molecule has 1 aliphatic carbocycles. The van der Waals surface area contributed by atoms with Gasteiger partial charge in [-0.3, -0.25) is 4.79 Å². The van der Waals surface area contributed by atoms with E-state index >= 15 is 0 Å².